The quantitative estimate of drug-likeness (QED) is 0.535. The predicted molar refractivity (Wildman–Crippen MR) is 90.0 cm³/mol. The van der Waals surface area contributed by atoms with Crippen LogP contribution >= 0.6 is 15.9 Å². The average Bonchev–Trinajstić information content (AvgIpc) is 2.40. The van der Waals surface area contributed by atoms with Crippen LogP contribution in [0.3, 0.4) is 0 Å². The molecule has 2 heteroatoms. The molecule has 1 rings (SSSR count). The summed E-state index contributed by atoms with van der Waals surface area (Å²) in [6.45, 7) is 6.77. The Morgan fingerprint density at radius 3 is 2.53 bits per heavy atom. The number of hydrogen-bond acceptors (Lipinski definition) is 1. The van der Waals surface area contributed by atoms with Gasteiger partial charge in [-0.3, -0.25) is 0 Å². The highest BCUT2D eigenvalue weighted by Gasteiger charge is 2.06. The summed E-state index contributed by atoms with van der Waals surface area (Å²) in [5.41, 5.74) is 2.69. The maximum atomic E-state index is 3.66. The predicted octanol–water partition coefficient (Wildman–Crippen LogP) is 6.17. The monoisotopic (exact) mass is 325 g/mol. The number of aryl methyl sites for hydroxylation is 1. The molecule has 0 aromatic heterocycles. The van der Waals surface area contributed by atoms with Crippen molar-refractivity contribution in [1.29, 1.82) is 0 Å². The van der Waals surface area contributed by atoms with E-state index in [4.69, 9.17) is 0 Å². The molecular weight excluding hydrogens is 298 g/mol. The third-order valence-corrected chi connectivity index (χ3v) is 4.08. The molecule has 0 saturated heterocycles. The molecule has 0 aliphatic heterocycles. The number of unbranched alkanes of at least 4 members (excludes halogenated alkanes) is 4. The van der Waals surface area contributed by atoms with Crippen LogP contribution in [-0.4, -0.2) is 6.04 Å². The van der Waals surface area contributed by atoms with Crippen molar-refractivity contribution < 1.29 is 0 Å². The molecule has 1 atom stereocenters. The van der Waals surface area contributed by atoms with Gasteiger partial charge in [-0.15, -0.1) is 0 Å². The normalized spacial score (nSPS) is 12.4. The maximum Gasteiger partial charge on any atom is 0.0375 e. The van der Waals surface area contributed by atoms with Crippen LogP contribution in [0.15, 0.2) is 22.7 Å². The van der Waals surface area contributed by atoms with Gasteiger partial charge in [-0.2, -0.15) is 0 Å². The molecule has 0 bridgehead atoms. The van der Waals surface area contributed by atoms with Gasteiger partial charge in [0.2, 0.25) is 0 Å². The van der Waals surface area contributed by atoms with Crippen LogP contribution in [0.25, 0.3) is 0 Å². The van der Waals surface area contributed by atoms with E-state index in [-0.39, 0.29) is 0 Å². The molecule has 1 unspecified atom stereocenters. The number of nitrogens with one attached hydrogen (secondary N) is 1. The van der Waals surface area contributed by atoms with Crippen molar-refractivity contribution in [3.63, 3.8) is 0 Å². The van der Waals surface area contributed by atoms with Gasteiger partial charge < -0.3 is 5.32 Å². The van der Waals surface area contributed by atoms with Crippen LogP contribution in [0.4, 0.5) is 5.69 Å². The van der Waals surface area contributed by atoms with Gasteiger partial charge >= 0.3 is 0 Å². The molecule has 0 aliphatic rings. The lowest BCUT2D eigenvalue weighted by atomic mass is 10.1. The fraction of sp³-hybridized carbons (Fsp3) is 0.647. The van der Waals surface area contributed by atoms with Crippen LogP contribution < -0.4 is 5.32 Å². The number of rotatable bonds is 9. The third kappa shape index (κ3) is 6.47. The van der Waals surface area contributed by atoms with E-state index in [1.165, 1.54) is 54.2 Å². The summed E-state index contributed by atoms with van der Waals surface area (Å²) in [6.07, 6.45) is 9.16. The molecule has 1 aromatic carbocycles. The minimum atomic E-state index is 0.563. The topological polar surface area (TPSA) is 12.0 Å². The Balaban J connectivity index is 2.37. The molecule has 0 radical (unpaired) electrons. The summed E-state index contributed by atoms with van der Waals surface area (Å²) in [5.74, 6) is 0. The van der Waals surface area contributed by atoms with Gasteiger partial charge in [-0.05, 0) is 43.5 Å². The molecular formula is C17H28BrN. The van der Waals surface area contributed by atoms with Crippen LogP contribution in [0.5, 0.6) is 0 Å². The van der Waals surface area contributed by atoms with Crippen LogP contribution in [0.1, 0.15) is 64.9 Å². The number of hydrogen-bond donors (Lipinski definition) is 1. The Hall–Kier alpha value is -0.500. The first-order chi connectivity index (χ1) is 9.17. The molecule has 108 valence electrons. The number of benzene rings is 1. The molecule has 0 aliphatic carbocycles. The SMILES string of the molecule is CCCCCCCC(C)Nc1ccc(Br)cc1CC. The Labute approximate surface area is 127 Å². The zero-order chi connectivity index (χ0) is 14.1. The maximum absolute atomic E-state index is 3.66. The van der Waals surface area contributed by atoms with Gasteiger partial charge in [0.05, 0.1) is 0 Å². The summed E-state index contributed by atoms with van der Waals surface area (Å²) in [7, 11) is 0. The number of halogens is 1. The Morgan fingerprint density at radius 1 is 1.11 bits per heavy atom. The third-order valence-electron chi connectivity index (χ3n) is 3.59. The van der Waals surface area contributed by atoms with Crippen molar-refractivity contribution in [2.24, 2.45) is 0 Å². The van der Waals surface area contributed by atoms with Gasteiger partial charge in [-0.1, -0.05) is 61.9 Å². The summed E-state index contributed by atoms with van der Waals surface area (Å²) < 4.78 is 1.17. The zero-order valence-corrected chi connectivity index (χ0v) is 14.2. The van der Waals surface area contributed by atoms with Crippen LogP contribution in [0.2, 0.25) is 0 Å². The minimum Gasteiger partial charge on any atom is -0.382 e. The average molecular weight is 326 g/mol. The summed E-state index contributed by atoms with van der Waals surface area (Å²) in [5, 5.41) is 3.66. The van der Waals surface area contributed by atoms with Gasteiger partial charge in [0.25, 0.3) is 0 Å². The lowest BCUT2D eigenvalue weighted by Crippen LogP contribution is -2.16. The van der Waals surface area contributed by atoms with E-state index in [0.29, 0.717) is 6.04 Å². The minimum absolute atomic E-state index is 0.563. The van der Waals surface area contributed by atoms with Crippen molar-refractivity contribution in [2.45, 2.75) is 71.8 Å². The van der Waals surface area contributed by atoms with Crippen molar-refractivity contribution in [3.8, 4) is 0 Å². The molecule has 0 spiro atoms. The van der Waals surface area contributed by atoms with Crippen LogP contribution in [-0.2, 0) is 6.42 Å². The van der Waals surface area contributed by atoms with E-state index >= 15 is 0 Å². The molecule has 0 fully saturated rings. The zero-order valence-electron chi connectivity index (χ0n) is 12.6. The van der Waals surface area contributed by atoms with Crippen LogP contribution in [0, 0.1) is 0 Å². The van der Waals surface area contributed by atoms with Crippen molar-refractivity contribution in [1.82, 2.24) is 0 Å². The Morgan fingerprint density at radius 2 is 1.84 bits per heavy atom. The molecule has 0 amide bonds. The number of anilines is 1. The first kappa shape index (κ1) is 16.6. The first-order valence-corrected chi connectivity index (χ1v) is 8.51. The summed E-state index contributed by atoms with van der Waals surface area (Å²) in [4.78, 5) is 0. The summed E-state index contributed by atoms with van der Waals surface area (Å²) in [6, 6.07) is 7.09. The fourth-order valence-corrected chi connectivity index (χ4v) is 2.80. The standard InChI is InChI=1S/C17H28BrN/c1-4-6-7-8-9-10-14(3)19-17-12-11-16(18)13-15(17)5-2/h11-14,19H,4-10H2,1-3H3. The van der Waals surface area contributed by atoms with E-state index < -0.39 is 0 Å². The highest BCUT2D eigenvalue weighted by molar-refractivity contribution is 9.10. The lowest BCUT2D eigenvalue weighted by molar-refractivity contribution is 0.578. The van der Waals surface area contributed by atoms with Crippen molar-refractivity contribution in [2.75, 3.05) is 5.32 Å². The molecule has 1 nitrogen and oxygen atoms in total. The lowest BCUT2D eigenvalue weighted by Gasteiger charge is -2.18. The second-order valence-corrected chi connectivity index (χ2v) is 6.32. The second-order valence-electron chi connectivity index (χ2n) is 5.40. The summed E-state index contributed by atoms with van der Waals surface area (Å²) >= 11 is 3.54. The van der Waals surface area contributed by atoms with E-state index in [1.807, 2.05) is 0 Å². The Bertz CT molecular complexity index is 362. The van der Waals surface area contributed by atoms with Crippen molar-refractivity contribution in [3.05, 3.63) is 28.2 Å². The van der Waals surface area contributed by atoms with Gasteiger partial charge in [0.15, 0.2) is 0 Å². The van der Waals surface area contributed by atoms with E-state index in [0.717, 1.165) is 6.42 Å². The van der Waals surface area contributed by atoms with Crippen molar-refractivity contribution >= 4 is 21.6 Å². The molecule has 1 aromatic rings. The highest BCUT2D eigenvalue weighted by atomic mass is 79.9. The molecule has 1 N–H and O–H groups in total. The van der Waals surface area contributed by atoms with E-state index in [1.54, 1.807) is 0 Å². The van der Waals surface area contributed by atoms with Gasteiger partial charge in [0.1, 0.15) is 0 Å². The van der Waals surface area contributed by atoms with Gasteiger partial charge in [-0.25, -0.2) is 0 Å². The molecule has 0 heterocycles. The van der Waals surface area contributed by atoms with E-state index in [2.05, 4.69) is 60.2 Å². The highest BCUT2D eigenvalue weighted by Crippen LogP contribution is 2.23. The van der Waals surface area contributed by atoms with Gasteiger partial charge in [0, 0.05) is 16.2 Å². The fourth-order valence-electron chi connectivity index (χ4n) is 2.39. The smallest absolute Gasteiger partial charge is 0.0375 e. The largest absolute Gasteiger partial charge is 0.382 e. The first-order valence-electron chi connectivity index (χ1n) is 7.72. The second kappa shape index (κ2) is 9.41. The Kier molecular flexibility index (Phi) is 8.20. The molecule has 19 heavy (non-hydrogen) atoms. The van der Waals surface area contributed by atoms with E-state index in [9.17, 15) is 0 Å². The molecule has 0 saturated carbocycles.